The fourth-order valence-corrected chi connectivity index (χ4v) is 3.04. The van der Waals surface area contributed by atoms with Crippen LogP contribution in [0.15, 0.2) is 48.9 Å². The van der Waals surface area contributed by atoms with Crippen molar-refractivity contribution in [3.63, 3.8) is 0 Å². The van der Waals surface area contributed by atoms with E-state index in [0.29, 0.717) is 5.82 Å². The molecule has 0 fully saturated rings. The van der Waals surface area contributed by atoms with Crippen LogP contribution < -0.4 is 0 Å². The van der Waals surface area contributed by atoms with E-state index >= 15 is 0 Å². The van der Waals surface area contributed by atoms with Crippen LogP contribution in [0, 0.1) is 5.41 Å². The lowest BCUT2D eigenvalue weighted by Gasteiger charge is -2.27. The minimum Gasteiger partial charge on any atom is -0.379 e. The summed E-state index contributed by atoms with van der Waals surface area (Å²) in [6.45, 7) is 6.26. The van der Waals surface area contributed by atoms with Crippen molar-refractivity contribution >= 4 is 0 Å². The molecule has 7 heteroatoms. The molecule has 27 heavy (non-hydrogen) atoms. The van der Waals surface area contributed by atoms with Crippen LogP contribution in [0.1, 0.15) is 37.9 Å². The predicted octanol–water partition coefficient (Wildman–Crippen LogP) is 3.88. The lowest BCUT2D eigenvalue weighted by molar-refractivity contribution is -0.102. The normalized spacial score (nSPS) is 14.5. The van der Waals surface area contributed by atoms with E-state index in [1.807, 2.05) is 0 Å². The zero-order chi connectivity index (χ0) is 19.7. The smallest absolute Gasteiger partial charge is 0.271 e. The van der Waals surface area contributed by atoms with Crippen LogP contribution in [0.25, 0.3) is 5.69 Å². The summed E-state index contributed by atoms with van der Waals surface area (Å²) >= 11 is 0. The number of halogens is 2. The summed E-state index contributed by atoms with van der Waals surface area (Å²) in [5.41, 5.74) is -0.541. The molecule has 0 spiro atoms. The maximum atomic E-state index is 13.8. The highest BCUT2D eigenvalue weighted by Crippen LogP contribution is 2.32. The number of aromatic nitrogens is 4. The van der Waals surface area contributed by atoms with Gasteiger partial charge in [0.2, 0.25) is 0 Å². The molecule has 2 aromatic heterocycles. The first-order valence-electron chi connectivity index (χ1n) is 8.81. The summed E-state index contributed by atoms with van der Waals surface area (Å²) in [6.07, 6.45) is 2.53. The molecule has 0 aliphatic rings. The number of imidazole rings is 1. The third-order valence-corrected chi connectivity index (χ3v) is 4.34. The Balaban J connectivity index is 1.83. The lowest BCUT2D eigenvalue weighted by Crippen LogP contribution is -2.37. The second kappa shape index (κ2) is 7.23. The molecule has 0 aliphatic carbocycles. The summed E-state index contributed by atoms with van der Waals surface area (Å²) in [4.78, 5) is 7.25. The Kier molecular flexibility index (Phi) is 5.15. The highest BCUT2D eigenvalue weighted by atomic mass is 19.3. The maximum Gasteiger partial charge on any atom is 0.271 e. The van der Waals surface area contributed by atoms with E-state index in [1.54, 1.807) is 41.5 Å². The van der Waals surface area contributed by atoms with Gasteiger partial charge in [0.25, 0.3) is 6.43 Å². The number of H-pyrrole nitrogens is 1. The van der Waals surface area contributed by atoms with Crippen LogP contribution in [-0.2, 0) is 18.4 Å². The molecule has 0 radical (unpaired) electrons. The van der Waals surface area contributed by atoms with Gasteiger partial charge in [0, 0.05) is 30.7 Å². The van der Waals surface area contributed by atoms with Gasteiger partial charge in [-0.05, 0) is 35.6 Å². The Labute approximate surface area is 157 Å². The summed E-state index contributed by atoms with van der Waals surface area (Å²) in [7, 11) is 0. The van der Waals surface area contributed by atoms with Crippen molar-refractivity contribution in [1.82, 2.24) is 19.7 Å². The Morgan fingerprint density at radius 1 is 1.15 bits per heavy atom. The van der Waals surface area contributed by atoms with E-state index in [1.165, 1.54) is 12.1 Å². The van der Waals surface area contributed by atoms with Gasteiger partial charge in [-0.3, -0.25) is 0 Å². The molecule has 0 bridgehead atoms. The molecule has 0 amide bonds. The van der Waals surface area contributed by atoms with Crippen molar-refractivity contribution in [3.05, 3.63) is 66.0 Å². The summed E-state index contributed by atoms with van der Waals surface area (Å²) in [5, 5.41) is 14.8. The zero-order valence-electron chi connectivity index (χ0n) is 15.7. The highest BCUT2D eigenvalue weighted by Gasteiger charge is 2.40. The second-order valence-electron chi connectivity index (χ2n) is 7.99. The van der Waals surface area contributed by atoms with E-state index in [9.17, 15) is 13.9 Å². The first-order valence-corrected chi connectivity index (χ1v) is 8.81. The third kappa shape index (κ3) is 4.42. The maximum absolute atomic E-state index is 13.8. The number of hydrogen-bond acceptors (Lipinski definition) is 3. The molecule has 2 N–H and O–H groups in total. The van der Waals surface area contributed by atoms with Gasteiger partial charge in [-0.2, -0.15) is 5.10 Å². The number of hydrogen-bond donors (Lipinski definition) is 2. The van der Waals surface area contributed by atoms with Gasteiger partial charge >= 0.3 is 0 Å². The minimum absolute atomic E-state index is 0.0468. The molecule has 2 heterocycles. The van der Waals surface area contributed by atoms with Gasteiger partial charge in [-0.1, -0.05) is 32.9 Å². The summed E-state index contributed by atoms with van der Waals surface area (Å²) in [5.74, 6) is 0.341. The van der Waals surface area contributed by atoms with Gasteiger partial charge in [-0.15, -0.1) is 0 Å². The molecular weight excluding hydrogens is 350 g/mol. The molecular formula is C20H24F2N4O. The Morgan fingerprint density at radius 3 is 2.41 bits per heavy atom. The average Bonchev–Trinajstić information content (AvgIpc) is 3.25. The predicted molar refractivity (Wildman–Crippen MR) is 98.9 cm³/mol. The number of aromatic amines is 1. The largest absolute Gasteiger partial charge is 0.379 e. The SMILES string of the molecule is CC(C)(C)Cc1cnc(CC(O)(c2ccc(-n3cccn3)cc2)C(F)F)[nH]1. The first kappa shape index (κ1) is 19.2. The molecule has 0 saturated heterocycles. The minimum atomic E-state index is -2.95. The molecule has 1 unspecified atom stereocenters. The van der Waals surface area contributed by atoms with Crippen LogP contribution in [0.2, 0.25) is 0 Å². The molecule has 3 aromatic rings. The van der Waals surface area contributed by atoms with E-state index in [0.717, 1.165) is 17.8 Å². The molecule has 0 saturated carbocycles. The van der Waals surface area contributed by atoms with Gasteiger partial charge < -0.3 is 10.1 Å². The topological polar surface area (TPSA) is 66.7 Å². The van der Waals surface area contributed by atoms with Crippen molar-refractivity contribution in [1.29, 1.82) is 0 Å². The van der Waals surface area contributed by atoms with Crippen molar-refractivity contribution in [2.24, 2.45) is 5.41 Å². The number of rotatable bonds is 6. The number of nitrogens with one attached hydrogen (secondary N) is 1. The highest BCUT2D eigenvalue weighted by molar-refractivity contribution is 5.36. The van der Waals surface area contributed by atoms with Crippen molar-refractivity contribution in [2.75, 3.05) is 0 Å². The zero-order valence-corrected chi connectivity index (χ0v) is 15.7. The number of benzene rings is 1. The molecule has 1 aromatic carbocycles. The van der Waals surface area contributed by atoms with Gasteiger partial charge in [0.15, 0.2) is 5.60 Å². The number of nitrogens with zero attached hydrogens (tertiary/aromatic N) is 3. The summed E-state index contributed by atoms with van der Waals surface area (Å²) < 4.78 is 29.2. The van der Waals surface area contributed by atoms with Crippen LogP contribution in [0.4, 0.5) is 8.78 Å². The Hall–Kier alpha value is -2.54. The monoisotopic (exact) mass is 374 g/mol. The Morgan fingerprint density at radius 2 is 1.85 bits per heavy atom. The quantitative estimate of drug-likeness (QED) is 0.688. The van der Waals surface area contributed by atoms with Gasteiger partial charge in [0.1, 0.15) is 5.82 Å². The van der Waals surface area contributed by atoms with Crippen molar-refractivity contribution < 1.29 is 13.9 Å². The molecule has 1 atom stereocenters. The fraction of sp³-hybridized carbons (Fsp3) is 0.400. The third-order valence-electron chi connectivity index (χ3n) is 4.34. The molecule has 144 valence electrons. The molecule has 3 rings (SSSR count). The van der Waals surface area contributed by atoms with Crippen LogP contribution >= 0.6 is 0 Å². The Bertz CT molecular complexity index is 866. The van der Waals surface area contributed by atoms with E-state index in [4.69, 9.17) is 0 Å². The van der Waals surface area contributed by atoms with Gasteiger partial charge in [0.05, 0.1) is 5.69 Å². The number of alkyl halides is 2. The van der Waals surface area contributed by atoms with Gasteiger partial charge in [-0.25, -0.2) is 18.4 Å². The van der Waals surface area contributed by atoms with Crippen LogP contribution in [0.5, 0.6) is 0 Å². The average molecular weight is 374 g/mol. The second-order valence-corrected chi connectivity index (χ2v) is 7.99. The van der Waals surface area contributed by atoms with Crippen LogP contribution in [-0.4, -0.2) is 31.3 Å². The van der Waals surface area contributed by atoms with E-state index < -0.39 is 12.0 Å². The lowest BCUT2D eigenvalue weighted by atomic mass is 9.90. The molecule has 5 nitrogen and oxygen atoms in total. The standard InChI is InChI=1S/C20H24F2N4O/c1-19(2,3)11-15-13-23-17(25-15)12-20(27,18(21)22)14-5-7-16(8-6-14)26-10-4-9-24-26/h4-10,13,18,27H,11-12H2,1-3H3,(H,23,25). The van der Waals surface area contributed by atoms with Crippen LogP contribution in [0.3, 0.4) is 0 Å². The molecule has 0 aliphatic heterocycles. The number of aliphatic hydroxyl groups is 1. The van der Waals surface area contributed by atoms with Crippen molar-refractivity contribution in [3.8, 4) is 5.69 Å². The van der Waals surface area contributed by atoms with E-state index in [-0.39, 0.29) is 17.4 Å². The van der Waals surface area contributed by atoms with E-state index in [2.05, 4.69) is 35.8 Å². The first-order chi connectivity index (χ1) is 12.7. The fourth-order valence-electron chi connectivity index (χ4n) is 3.04. The van der Waals surface area contributed by atoms with Crippen molar-refractivity contribution in [2.45, 2.75) is 45.6 Å². The summed E-state index contributed by atoms with van der Waals surface area (Å²) in [6, 6.07) is 8.09.